The molecule has 2 aliphatic heterocycles. The molecule has 0 bridgehead atoms. The predicted octanol–water partition coefficient (Wildman–Crippen LogP) is 1.71. The van der Waals surface area contributed by atoms with E-state index in [-0.39, 0.29) is 19.2 Å². The maximum atomic E-state index is 12.5. The van der Waals surface area contributed by atoms with Crippen molar-refractivity contribution in [3.05, 3.63) is 29.0 Å². The Balaban J connectivity index is 1.23. The summed E-state index contributed by atoms with van der Waals surface area (Å²) in [4.78, 5) is 13.9. The van der Waals surface area contributed by atoms with Crippen LogP contribution >= 0.6 is 11.3 Å². The van der Waals surface area contributed by atoms with Crippen molar-refractivity contribution in [3.8, 4) is 10.6 Å². The number of pyridine rings is 1. The molecule has 1 saturated heterocycles. The summed E-state index contributed by atoms with van der Waals surface area (Å²) in [5.41, 5.74) is 4.00. The summed E-state index contributed by atoms with van der Waals surface area (Å²) < 4.78 is 34.5. The quantitative estimate of drug-likeness (QED) is 0.385. The number of H-pyrrole nitrogens is 1. The maximum Gasteiger partial charge on any atom is 0.279 e. The number of aliphatic hydroxyl groups is 1. The van der Waals surface area contributed by atoms with Crippen LogP contribution in [-0.2, 0) is 28.0 Å². The number of rotatable bonds is 7. The topological polar surface area (TPSA) is 132 Å². The zero-order valence-electron chi connectivity index (χ0n) is 18.7. The van der Waals surface area contributed by atoms with E-state index in [9.17, 15) is 8.42 Å². The van der Waals surface area contributed by atoms with E-state index in [1.54, 1.807) is 11.3 Å². The number of ether oxygens (including phenoxy) is 1. The fourth-order valence-corrected chi connectivity index (χ4v) is 7.88. The Hall–Kier alpha value is -2.09. The number of aliphatic hydroxyl groups excluding tert-OH is 1. The van der Waals surface area contributed by atoms with Gasteiger partial charge in [0.1, 0.15) is 10.7 Å². The predicted molar refractivity (Wildman–Crippen MR) is 130 cm³/mol. The third-order valence-electron chi connectivity index (χ3n) is 7.11. The van der Waals surface area contributed by atoms with E-state index in [1.807, 2.05) is 18.5 Å². The zero-order valence-corrected chi connectivity index (χ0v) is 20.3. The molecule has 0 spiro atoms. The summed E-state index contributed by atoms with van der Waals surface area (Å²) in [7, 11) is -3.53. The second kappa shape index (κ2) is 8.85. The van der Waals surface area contributed by atoms with Crippen LogP contribution < -0.4 is 10.0 Å². The molecule has 2 fully saturated rings. The largest absolute Gasteiger partial charge is 0.395 e. The molecular formula is C22H28N6O4S2. The number of hydrogen-bond donors (Lipinski definition) is 4. The first-order valence-electron chi connectivity index (χ1n) is 11.7. The minimum atomic E-state index is -3.53. The first-order chi connectivity index (χ1) is 16.5. The zero-order chi connectivity index (χ0) is 23.3. The molecule has 3 aliphatic rings. The summed E-state index contributed by atoms with van der Waals surface area (Å²) in [6, 6.07) is 2.30. The highest BCUT2D eigenvalue weighted by Crippen LogP contribution is 2.43. The highest BCUT2D eigenvalue weighted by molar-refractivity contribution is 7.87. The lowest BCUT2D eigenvalue weighted by Crippen LogP contribution is -2.41. The van der Waals surface area contributed by atoms with E-state index in [1.165, 1.54) is 9.18 Å². The molecule has 34 heavy (non-hydrogen) atoms. The fraction of sp³-hybridized carbons (Fsp3) is 0.545. The molecule has 4 N–H and O–H groups in total. The molecular weight excluding hydrogens is 476 g/mol. The van der Waals surface area contributed by atoms with Gasteiger partial charge in [0.2, 0.25) is 0 Å². The van der Waals surface area contributed by atoms with E-state index in [2.05, 4.69) is 20.0 Å². The minimum absolute atomic E-state index is 0.0438. The van der Waals surface area contributed by atoms with Crippen LogP contribution in [0.4, 0.5) is 5.69 Å². The van der Waals surface area contributed by atoms with Gasteiger partial charge in [0.25, 0.3) is 10.2 Å². The van der Waals surface area contributed by atoms with Gasteiger partial charge >= 0.3 is 0 Å². The fourth-order valence-electron chi connectivity index (χ4n) is 5.51. The first kappa shape index (κ1) is 22.4. The molecule has 1 unspecified atom stereocenters. The van der Waals surface area contributed by atoms with Gasteiger partial charge in [-0.25, -0.2) is 9.97 Å². The van der Waals surface area contributed by atoms with Crippen LogP contribution in [0.1, 0.15) is 23.4 Å². The molecule has 12 heteroatoms. The number of nitrogens with zero attached hydrogens (tertiary/aromatic N) is 3. The molecule has 0 amide bonds. The van der Waals surface area contributed by atoms with Crippen LogP contribution in [0.25, 0.3) is 21.6 Å². The van der Waals surface area contributed by atoms with Crippen molar-refractivity contribution in [1.29, 1.82) is 0 Å². The molecule has 0 radical (unpaired) electrons. The summed E-state index contributed by atoms with van der Waals surface area (Å²) in [5.74, 6) is 0.638. The molecule has 3 atom stereocenters. The van der Waals surface area contributed by atoms with Gasteiger partial charge in [-0.1, -0.05) is 0 Å². The Morgan fingerprint density at radius 1 is 1.29 bits per heavy atom. The number of anilines is 1. The van der Waals surface area contributed by atoms with Crippen LogP contribution in [0.15, 0.2) is 18.5 Å². The summed E-state index contributed by atoms with van der Waals surface area (Å²) in [5, 5.41) is 14.7. The second-order valence-corrected chi connectivity index (χ2v) is 12.1. The maximum absolute atomic E-state index is 12.5. The van der Waals surface area contributed by atoms with Crippen molar-refractivity contribution in [2.45, 2.75) is 31.9 Å². The van der Waals surface area contributed by atoms with Crippen molar-refractivity contribution in [3.63, 3.8) is 0 Å². The van der Waals surface area contributed by atoms with E-state index >= 15 is 0 Å². The van der Waals surface area contributed by atoms with Crippen molar-refractivity contribution < 1.29 is 18.3 Å². The van der Waals surface area contributed by atoms with Crippen LogP contribution in [0.2, 0.25) is 0 Å². The summed E-state index contributed by atoms with van der Waals surface area (Å²) in [6.07, 6.45) is 6.45. The Morgan fingerprint density at radius 3 is 2.88 bits per heavy atom. The molecule has 0 aromatic carbocycles. The second-order valence-electron chi connectivity index (χ2n) is 9.25. The van der Waals surface area contributed by atoms with E-state index in [0.717, 1.165) is 52.2 Å². The Morgan fingerprint density at radius 2 is 2.12 bits per heavy atom. The average molecular weight is 505 g/mol. The lowest BCUT2D eigenvalue weighted by molar-refractivity contribution is 0.112. The van der Waals surface area contributed by atoms with Gasteiger partial charge in [-0.15, -0.1) is 11.3 Å². The van der Waals surface area contributed by atoms with Crippen LogP contribution in [0.5, 0.6) is 0 Å². The normalized spacial score (nSPS) is 25.0. The average Bonchev–Trinajstić information content (AvgIpc) is 3.59. The van der Waals surface area contributed by atoms with Gasteiger partial charge in [0.05, 0.1) is 41.6 Å². The standard InChI is InChI=1S/C22H28N6O4S2/c29-5-4-25-34(30,31)28-10-13-7-15(8-14(13)11-28)26-20-16-1-3-23-21(16)24-9-17(20)22-27-18-2-6-32-12-19(18)33-22/h1,3,9,13-15,25,29H,2,4-8,10-12H2,(H2,23,24,26)/t13-,14+,15?. The SMILES string of the molecule is O=S(=O)(NCCO)N1C[C@H]2CC(Nc3c(-c4nc5c(s4)COCC5)cnc4[nH]ccc34)C[C@H]2C1. The van der Waals surface area contributed by atoms with Crippen molar-refractivity contribution in [1.82, 2.24) is 24.0 Å². The highest BCUT2D eigenvalue weighted by Gasteiger charge is 2.44. The molecule has 1 saturated carbocycles. The molecule has 1 aliphatic carbocycles. The van der Waals surface area contributed by atoms with Crippen LogP contribution in [0.3, 0.4) is 0 Å². The summed E-state index contributed by atoms with van der Waals surface area (Å²) in [6.45, 7) is 2.21. The number of fused-ring (bicyclic) bond motifs is 3. The van der Waals surface area contributed by atoms with Crippen LogP contribution in [0, 0.1) is 11.8 Å². The first-order valence-corrected chi connectivity index (χ1v) is 13.9. The monoisotopic (exact) mass is 504 g/mol. The van der Waals surface area contributed by atoms with Crippen molar-refractivity contribution in [2.75, 3.05) is 38.2 Å². The lowest BCUT2D eigenvalue weighted by atomic mass is 10.0. The van der Waals surface area contributed by atoms with Gasteiger partial charge in [0.15, 0.2) is 0 Å². The van der Waals surface area contributed by atoms with Gasteiger partial charge in [-0.05, 0) is 30.7 Å². The third kappa shape index (κ3) is 4.01. The number of thiazole rings is 1. The smallest absolute Gasteiger partial charge is 0.279 e. The molecule has 3 aromatic heterocycles. The van der Waals surface area contributed by atoms with Gasteiger partial charge in [-0.2, -0.15) is 17.4 Å². The molecule has 6 rings (SSSR count). The molecule has 182 valence electrons. The molecule has 5 heterocycles. The summed E-state index contributed by atoms with van der Waals surface area (Å²) >= 11 is 1.67. The van der Waals surface area contributed by atoms with Gasteiger partial charge in [-0.3, -0.25) is 0 Å². The number of aromatic nitrogens is 3. The Bertz CT molecular complexity index is 1270. The lowest BCUT2D eigenvalue weighted by Gasteiger charge is -2.21. The third-order valence-corrected chi connectivity index (χ3v) is 9.77. The number of aromatic amines is 1. The minimum Gasteiger partial charge on any atom is -0.395 e. The van der Waals surface area contributed by atoms with Gasteiger partial charge < -0.3 is 20.1 Å². The molecule has 3 aromatic rings. The van der Waals surface area contributed by atoms with E-state index in [0.29, 0.717) is 38.1 Å². The Kier molecular flexibility index (Phi) is 5.82. The van der Waals surface area contributed by atoms with Gasteiger partial charge in [0, 0.05) is 49.9 Å². The van der Waals surface area contributed by atoms with Crippen molar-refractivity contribution in [2.24, 2.45) is 11.8 Å². The highest BCUT2D eigenvalue weighted by atomic mass is 32.2. The van der Waals surface area contributed by atoms with E-state index in [4.69, 9.17) is 14.8 Å². The number of hydrogen-bond acceptors (Lipinski definition) is 8. The van der Waals surface area contributed by atoms with Crippen LogP contribution in [-0.4, -0.2) is 71.7 Å². The Labute approximate surface area is 201 Å². The molecule has 10 nitrogen and oxygen atoms in total. The van der Waals surface area contributed by atoms with Crippen molar-refractivity contribution >= 4 is 38.3 Å². The van der Waals surface area contributed by atoms with E-state index < -0.39 is 10.2 Å². The number of nitrogens with one attached hydrogen (secondary N) is 3.